The molecule has 5 rings (SSSR count). The molecule has 1 saturated heterocycles. The zero-order valence-corrected chi connectivity index (χ0v) is 21.3. The molecule has 1 aliphatic heterocycles. The molecule has 0 spiro atoms. The number of hydrogen-bond donors (Lipinski definition) is 4. The Balaban J connectivity index is 0.000000186. The highest BCUT2D eigenvalue weighted by Gasteiger charge is 2.16. The number of aromatic nitrogens is 2. The van der Waals surface area contributed by atoms with Crippen molar-refractivity contribution < 1.29 is 0 Å². The Morgan fingerprint density at radius 2 is 1.35 bits per heavy atom. The van der Waals surface area contributed by atoms with E-state index in [2.05, 4.69) is 67.8 Å². The molecular formula is C29H36N8. The summed E-state index contributed by atoms with van der Waals surface area (Å²) in [5, 5.41) is 6.61. The Kier molecular flexibility index (Phi) is 9.15. The largest absolute Gasteiger partial charge is 0.396 e. The molecule has 0 aliphatic carbocycles. The lowest BCUT2D eigenvalue weighted by atomic mass is 10.2. The summed E-state index contributed by atoms with van der Waals surface area (Å²) in [4.78, 5) is 13.3. The summed E-state index contributed by atoms with van der Waals surface area (Å²) in [5.41, 5.74) is 16.6. The molecule has 37 heavy (non-hydrogen) atoms. The number of benzene rings is 2. The summed E-state index contributed by atoms with van der Waals surface area (Å²) in [6, 6.07) is 26.2. The van der Waals surface area contributed by atoms with Crippen LogP contribution >= 0.6 is 0 Å². The number of piperazine rings is 1. The highest BCUT2D eigenvalue weighted by Crippen LogP contribution is 2.24. The summed E-state index contributed by atoms with van der Waals surface area (Å²) in [6.07, 6.45) is 3.48. The molecule has 0 atom stereocenters. The van der Waals surface area contributed by atoms with Gasteiger partial charge in [-0.25, -0.2) is 9.97 Å². The van der Waals surface area contributed by atoms with Gasteiger partial charge in [0.2, 0.25) is 0 Å². The van der Waals surface area contributed by atoms with Gasteiger partial charge in [0.15, 0.2) is 0 Å². The molecule has 2 aromatic carbocycles. The molecule has 2 aromatic heterocycles. The first kappa shape index (κ1) is 25.8. The highest BCUT2D eigenvalue weighted by atomic mass is 15.3. The van der Waals surface area contributed by atoms with E-state index in [0.717, 1.165) is 56.6 Å². The molecule has 0 unspecified atom stereocenters. The smallest absolute Gasteiger partial charge is 0.149 e. The normalized spacial score (nSPS) is 13.4. The summed E-state index contributed by atoms with van der Waals surface area (Å²) in [7, 11) is 2.15. The summed E-state index contributed by atoms with van der Waals surface area (Å²) < 4.78 is 0. The third-order valence-corrected chi connectivity index (χ3v) is 6.22. The number of rotatable bonds is 7. The number of nitrogens with one attached hydrogen (secondary N) is 2. The van der Waals surface area contributed by atoms with Gasteiger partial charge in [0.05, 0.1) is 23.3 Å². The van der Waals surface area contributed by atoms with E-state index in [1.165, 1.54) is 11.1 Å². The number of nitrogens with zero attached hydrogens (tertiary/aromatic N) is 4. The molecule has 0 saturated carbocycles. The highest BCUT2D eigenvalue weighted by molar-refractivity contribution is 5.69. The van der Waals surface area contributed by atoms with E-state index in [0.29, 0.717) is 11.4 Å². The van der Waals surface area contributed by atoms with Crippen LogP contribution in [0.4, 0.5) is 28.7 Å². The first-order chi connectivity index (χ1) is 18.1. The maximum atomic E-state index is 6.05. The van der Waals surface area contributed by atoms with Crippen LogP contribution in [-0.4, -0.2) is 48.1 Å². The monoisotopic (exact) mass is 496 g/mol. The van der Waals surface area contributed by atoms with E-state index in [1.807, 2.05) is 48.5 Å². The van der Waals surface area contributed by atoms with Crippen molar-refractivity contribution in [3.8, 4) is 0 Å². The molecule has 0 bridgehead atoms. The minimum atomic E-state index is 0.674. The maximum Gasteiger partial charge on any atom is 0.149 e. The molecule has 192 valence electrons. The van der Waals surface area contributed by atoms with Crippen molar-refractivity contribution in [2.45, 2.75) is 13.1 Å². The number of nitrogens with two attached hydrogens (primary N) is 2. The van der Waals surface area contributed by atoms with Gasteiger partial charge in [-0.05, 0) is 30.3 Å². The van der Waals surface area contributed by atoms with Crippen LogP contribution in [0.25, 0.3) is 0 Å². The Morgan fingerprint density at radius 1 is 0.730 bits per heavy atom. The minimum absolute atomic E-state index is 0.674. The van der Waals surface area contributed by atoms with Gasteiger partial charge in [-0.1, -0.05) is 60.7 Å². The average molecular weight is 497 g/mol. The first-order valence-corrected chi connectivity index (χ1v) is 12.5. The van der Waals surface area contributed by atoms with E-state index in [1.54, 1.807) is 12.4 Å². The average Bonchev–Trinajstić information content (AvgIpc) is 2.94. The predicted molar refractivity (Wildman–Crippen MR) is 155 cm³/mol. The quantitative estimate of drug-likeness (QED) is 0.300. The SMILES string of the molecule is CN1CCN(c2cc(NCc3ccccc3)c(N)cn2)CC1.Nc1cccnc1NCc1ccccc1. The van der Waals surface area contributed by atoms with E-state index >= 15 is 0 Å². The zero-order valence-electron chi connectivity index (χ0n) is 21.3. The van der Waals surface area contributed by atoms with Crippen LogP contribution in [-0.2, 0) is 13.1 Å². The summed E-state index contributed by atoms with van der Waals surface area (Å²) in [6.45, 7) is 5.65. The van der Waals surface area contributed by atoms with Crippen LogP contribution in [0.1, 0.15) is 11.1 Å². The fourth-order valence-electron chi connectivity index (χ4n) is 3.96. The fourth-order valence-corrected chi connectivity index (χ4v) is 3.96. The Hall–Kier alpha value is -4.30. The maximum absolute atomic E-state index is 6.05. The molecule has 0 amide bonds. The third-order valence-electron chi connectivity index (χ3n) is 6.22. The van der Waals surface area contributed by atoms with Crippen molar-refractivity contribution in [3.05, 3.63) is 102 Å². The molecule has 0 radical (unpaired) electrons. The van der Waals surface area contributed by atoms with Gasteiger partial charge in [-0.15, -0.1) is 0 Å². The van der Waals surface area contributed by atoms with Crippen molar-refractivity contribution in [1.82, 2.24) is 14.9 Å². The van der Waals surface area contributed by atoms with E-state index in [-0.39, 0.29) is 0 Å². The number of nitrogen functional groups attached to an aromatic ring is 2. The van der Waals surface area contributed by atoms with Crippen LogP contribution in [0.3, 0.4) is 0 Å². The van der Waals surface area contributed by atoms with Crippen molar-refractivity contribution in [3.63, 3.8) is 0 Å². The van der Waals surface area contributed by atoms with E-state index < -0.39 is 0 Å². The second-order valence-corrected chi connectivity index (χ2v) is 9.04. The van der Waals surface area contributed by atoms with Gasteiger partial charge in [0, 0.05) is 51.5 Å². The number of pyridine rings is 2. The topological polar surface area (TPSA) is 108 Å². The zero-order chi connectivity index (χ0) is 25.9. The molecule has 1 aliphatic rings. The minimum Gasteiger partial charge on any atom is -0.396 e. The molecular weight excluding hydrogens is 460 g/mol. The van der Waals surface area contributed by atoms with Crippen LogP contribution in [0.15, 0.2) is 91.3 Å². The molecule has 4 aromatic rings. The second kappa shape index (κ2) is 13.1. The van der Waals surface area contributed by atoms with Crippen LogP contribution in [0, 0.1) is 0 Å². The predicted octanol–water partition coefficient (Wildman–Crippen LogP) is 4.30. The number of likely N-dealkylation sites (N-methyl/N-ethyl adjacent to an activating group) is 1. The Bertz CT molecular complexity index is 1230. The van der Waals surface area contributed by atoms with E-state index in [9.17, 15) is 0 Å². The first-order valence-electron chi connectivity index (χ1n) is 12.5. The Morgan fingerprint density at radius 3 is 1.97 bits per heavy atom. The van der Waals surface area contributed by atoms with E-state index in [4.69, 9.17) is 11.5 Å². The second-order valence-electron chi connectivity index (χ2n) is 9.04. The number of hydrogen-bond acceptors (Lipinski definition) is 8. The van der Waals surface area contributed by atoms with Gasteiger partial charge < -0.3 is 31.9 Å². The van der Waals surface area contributed by atoms with Crippen LogP contribution < -0.4 is 27.0 Å². The lowest BCUT2D eigenvalue weighted by Crippen LogP contribution is -2.44. The standard InChI is InChI=1S/C17H23N5.C12H13N3/c1-21-7-9-22(10-8-21)17-11-16(15(18)13-20-17)19-12-14-5-3-2-4-6-14;13-11-7-4-8-14-12(11)15-9-10-5-2-1-3-6-10/h2-6,11,13H,7-10,12,18H2,1H3,(H,19,20);1-8H,9,13H2,(H,14,15). The van der Waals surface area contributed by atoms with Gasteiger partial charge in [0.1, 0.15) is 11.6 Å². The van der Waals surface area contributed by atoms with Gasteiger partial charge in [-0.3, -0.25) is 0 Å². The molecule has 3 heterocycles. The lowest BCUT2D eigenvalue weighted by Gasteiger charge is -2.33. The van der Waals surface area contributed by atoms with Crippen molar-refractivity contribution in [2.24, 2.45) is 0 Å². The summed E-state index contributed by atoms with van der Waals surface area (Å²) in [5.74, 6) is 1.74. The molecule has 8 heteroatoms. The molecule has 8 nitrogen and oxygen atoms in total. The lowest BCUT2D eigenvalue weighted by molar-refractivity contribution is 0.312. The van der Waals surface area contributed by atoms with Gasteiger partial charge in [-0.2, -0.15) is 0 Å². The van der Waals surface area contributed by atoms with Crippen molar-refractivity contribution in [1.29, 1.82) is 0 Å². The van der Waals surface area contributed by atoms with Crippen molar-refractivity contribution >= 4 is 28.7 Å². The Labute approximate surface area is 219 Å². The van der Waals surface area contributed by atoms with Crippen molar-refractivity contribution in [2.75, 3.05) is 60.2 Å². The molecule has 6 N–H and O–H groups in total. The molecule has 1 fully saturated rings. The van der Waals surface area contributed by atoms with Gasteiger partial charge >= 0.3 is 0 Å². The van der Waals surface area contributed by atoms with Crippen LogP contribution in [0.5, 0.6) is 0 Å². The fraction of sp³-hybridized carbons (Fsp3) is 0.241. The van der Waals surface area contributed by atoms with Crippen LogP contribution in [0.2, 0.25) is 0 Å². The van der Waals surface area contributed by atoms with Gasteiger partial charge in [0.25, 0.3) is 0 Å². The number of anilines is 5. The third kappa shape index (κ3) is 7.85. The summed E-state index contributed by atoms with van der Waals surface area (Å²) >= 11 is 0.